The van der Waals surface area contributed by atoms with Crippen LogP contribution in [0.1, 0.15) is 5.56 Å². The third kappa shape index (κ3) is 2.89. The van der Waals surface area contributed by atoms with Crippen LogP contribution >= 0.6 is 11.3 Å². The summed E-state index contributed by atoms with van der Waals surface area (Å²) in [6, 6.07) is 6.51. The highest BCUT2D eigenvalue weighted by molar-refractivity contribution is 7.94. The fraction of sp³-hybridized carbons (Fsp3) is 0. The number of hydrogen-bond acceptors (Lipinski definition) is 5. The number of benzene rings is 1. The Labute approximate surface area is 118 Å². The van der Waals surface area contributed by atoms with E-state index in [-0.39, 0.29) is 21.3 Å². The van der Waals surface area contributed by atoms with Gasteiger partial charge in [0.05, 0.1) is 5.69 Å². The van der Waals surface area contributed by atoms with Gasteiger partial charge >= 0.3 is 0 Å². The monoisotopic (exact) mass is 315 g/mol. The summed E-state index contributed by atoms with van der Waals surface area (Å²) in [5, 5.41) is 12.8. The molecule has 1 aromatic heterocycles. The second kappa shape index (κ2) is 5.47. The summed E-state index contributed by atoms with van der Waals surface area (Å²) in [6.07, 6.45) is 0. The Morgan fingerprint density at radius 1 is 1.40 bits per heavy atom. The third-order valence-corrected chi connectivity index (χ3v) is 5.14. The van der Waals surface area contributed by atoms with Gasteiger partial charge in [-0.05, 0) is 29.6 Å². The summed E-state index contributed by atoms with van der Waals surface area (Å²) >= 11 is 1.02. The average molecular weight is 315 g/mol. The highest BCUT2D eigenvalue weighted by Gasteiger charge is 2.17. The predicted octanol–water partition coefficient (Wildman–Crippen LogP) is 1.78. The molecule has 0 aliphatic heterocycles. The van der Waals surface area contributed by atoms with Gasteiger partial charge in [0.2, 0.25) is 0 Å². The van der Waals surface area contributed by atoms with Crippen molar-refractivity contribution in [2.24, 2.45) is 10.9 Å². The molecule has 0 amide bonds. The van der Waals surface area contributed by atoms with Crippen LogP contribution in [0.4, 0.5) is 10.1 Å². The summed E-state index contributed by atoms with van der Waals surface area (Å²) in [5.74, 6) is -1.09. The molecule has 6 nitrogen and oxygen atoms in total. The third-order valence-electron chi connectivity index (χ3n) is 2.38. The molecule has 9 heteroatoms. The molecule has 0 saturated heterocycles. The summed E-state index contributed by atoms with van der Waals surface area (Å²) in [4.78, 5) is 0. The average Bonchev–Trinajstić information content (AvgIpc) is 2.95. The minimum absolute atomic E-state index is 0.0809. The second-order valence-electron chi connectivity index (χ2n) is 3.72. The van der Waals surface area contributed by atoms with E-state index in [1.54, 1.807) is 11.4 Å². The smallest absolute Gasteiger partial charge is 0.271 e. The number of oxime groups is 1. The topological polar surface area (TPSA) is 105 Å². The van der Waals surface area contributed by atoms with E-state index in [4.69, 9.17) is 10.9 Å². The maximum absolute atomic E-state index is 13.8. The maximum atomic E-state index is 13.8. The molecule has 106 valence electrons. The summed E-state index contributed by atoms with van der Waals surface area (Å²) < 4.78 is 39.9. The highest BCUT2D eigenvalue weighted by atomic mass is 32.2. The Hall–Kier alpha value is -2.13. The molecular formula is C11H10FN3O3S2. The van der Waals surface area contributed by atoms with Gasteiger partial charge in [-0.1, -0.05) is 11.2 Å². The molecule has 0 radical (unpaired) electrons. The molecule has 1 heterocycles. The van der Waals surface area contributed by atoms with Crippen LogP contribution < -0.4 is 10.5 Å². The molecule has 4 N–H and O–H groups in total. The van der Waals surface area contributed by atoms with Crippen LogP contribution in [-0.4, -0.2) is 19.5 Å². The van der Waals surface area contributed by atoms with Crippen molar-refractivity contribution >= 4 is 32.9 Å². The van der Waals surface area contributed by atoms with E-state index in [1.165, 1.54) is 18.2 Å². The van der Waals surface area contributed by atoms with Gasteiger partial charge in [-0.2, -0.15) is 0 Å². The zero-order valence-corrected chi connectivity index (χ0v) is 11.6. The van der Waals surface area contributed by atoms with E-state index >= 15 is 0 Å². The van der Waals surface area contributed by atoms with Crippen LogP contribution in [0.15, 0.2) is 45.1 Å². The van der Waals surface area contributed by atoms with Crippen LogP contribution in [-0.2, 0) is 10.0 Å². The van der Waals surface area contributed by atoms with Crippen molar-refractivity contribution in [1.82, 2.24) is 0 Å². The molecule has 0 fully saturated rings. The number of amidine groups is 1. The lowest BCUT2D eigenvalue weighted by molar-refractivity contribution is 0.318. The minimum atomic E-state index is -3.81. The summed E-state index contributed by atoms with van der Waals surface area (Å²) in [5.41, 5.74) is 5.24. The van der Waals surface area contributed by atoms with E-state index in [0.29, 0.717) is 0 Å². The van der Waals surface area contributed by atoms with Crippen molar-refractivity contribution in [3.05, 3.63) is 47.1 Å². The van der Waals surface area contributed by atoms with Crippen LogP contribution in [0.2, 0.25) is 0 Å². The van der Waals surface area contributed by atoms with Gasteiger partial charge in [0.1, 0.15) is 10.0 Å². The highest BCUT2D eigenvalue weighted by Crippen LogP contribution is 2.22. The van der Waals surface area contributed by atoms with Gasteiger partial charge in [-0.15, -0.1) is 11.3 Å². The molecule has 2 aromatic rings. The standard InChI is InChI=1S/C11H10FN3O3S2/c12-8-6-7(11(13)14-16)3-4-9(8)15-20(17,18)10-2-1-5-19-10/h1-6,15-16H,(H2,13,14). The molecule has 0 saturated carbocycles. The Bertz CT molecular complexity index is 742. The fourth-order valence-electron chi connectivity index (χ4n) is 1.43. The number of hydrogen-bond donors (Lipinski definition) is 3. The molecule has 0 bridgehead atoms. The van der Waals surface area contributed by atoms with Gasteiger partial charge in [0, 0.05) is 5.56 Å². The maximum Gasteiger partial charge on any atom is 0.271 e. The number of sulfonamides is 1. The lowest BCUT2D eigenvalue weighted by atomic mass is 10.2. The molecule has 2 rings (SSSR count). The van der Waals surface area contributed by atoms with E-state index in [0.717, 1.165) is 17.4 Å². The van der Waals surface area contributed by atoms with E-state index in [1.807, 2.05) is 0 Å². The first-order valence-electron chi connectivity index (χ1n) is 5.28. The summed E-state index contributed by atoms with van der Waals surface area (Å²) in [7, 11) is -3.81. The number of nitrogens with two attached hydrogens (primary N) is 1. The zero-order valence-electron chi connectivity index (χ0n) is 9.95. The molecule has 0 aliphatic carbocycles. The first kappa shape index (κ1) is 14.3. The van der Waals surface area contributed by atoms with Gasteiger partial charge in [-0.25, -0.2) is 12.8 Å². The number of thiophene rings is 1. The van der Waals surface area contributed by atoms with Crippen molar-refractivity contribution in [3.8, 4) is 0 Å². The number of nitrogens with zero attached hydrogens (tertiary/aromatic N) is 1. The summed E-state index contributed by atoms with van der Waals surface area (Å²) in [6.45, 7) is 0. The number of anilines is 1. The van der Waals surface area contributed by atoms with Crippen molar-refractivity contribution in [3.63, 3.8) is 0 Å². The van der Waals surface area contributed by atoms with Crippen molar-refractivity contribution in [2.75, 3.05) is 4.72 Å². The molecular weight excluding hydrogens is 305 g/mol. The van der Waals surface area contributed by atoms with Gasteiger partial charge in [-0.3, -0.25) is 4.72 Å². The number of nitrogens with one attached hydrogen (secondary N) is 1. The lowest BCUT2D eigenvalue weighted by Gasteiger charge is -2.08. The van der Waals surface area contributed by atoms with Gasteiger partial charge in [0.25, 0.3) is 10.0 Å². The lowest BCUT2D eigenvalue weighted by Crippen LogP contribution is -2.15. The van der Waals surface area contributed by atoms with E-state index in [9.17, 15) is 12.8 Å². The Kier molecular flexibility index (Phi) is 3.91. The second-order valence-corrected chi connectivity index (χ2v) is 6.57. The van der Waals surface area contributed by atoms with Crippen LogP contribution in [0.3, 0.4) is 0 Å². The molecule has 20 heavy (non-hydrogen) atoms. The minimum Gasteiger partial charge on any atom is -0.409 e. The first-order valence-corrected chi connectivity index (χ1v) is 7.64. The molecule has 0 atom stereocenters. The van der Waals surface area contributed by atoms with E-state index in [2.05, 4.69) is 9.88 Å². The van der Waals surface area contributed by atoms with Crippen LogP contribution in [0, 0.1) is 5.82 Å². The van der Waals surface area contributed by atoms with E-state index < -0.39 is 15.8 Å². The quantitative estimate of drug-likeness (QED) is 0.346. The Balaban J connectivity index is 2.32. The Morgan fingerprint density at radius 2 is 2.15 bits per heavy atom. The molecule has 0 aliphatic rings. The largest absolute Gasteiger partial charge is 0.409 e. The predicted molar refractivity (Wildman–Crippen MR) is 74.0 cm³/mol. The van der Waals surface area contributed by atoms with Crippen molar-refractivity contribution in [1.29, 1.82) is 0 Å². The van der Waals surface area contributed by atoms with Crippen molar-refractivity contribution < 1.29 is 18.0 Å². The normalized spacial score (nSPS) is 12.3. The van der Waals surface area contributed by atoms with Gasteiger partial charge < -0.3 is 10.9 Å². The SMILES string of the molecule is N/C(=N/O)c1ccc(NS(=O)(=O)c2cccs2)c(F)c1. The molecule has 0 spiro atoms. The zero-order chi connectivity index (χ0) is 14.8. The molecule has 0 unspecified atom stereocenters. The number of rotatable bonds is 4. The first-order chi connectivity index (χ1) is 9.44. The fourth-order valence-corrected chi connectivity index (χ4v) is 3.49. The Morgan fingerprint density at radius 3 is 2.70 bits per heavy atom. The molecule has 1 aromatic carbocycles. The number of halogens is 1. The van der Waals surface area contributed by atoms with Crippen LogP contribution in [0.25, 0.3) is 0 Å². The van der Waals surface area contributed by atoms with Crippen LogP contribution in [0.5, 0.6) is 0 Å². The van der Waals surface area contributed by atoms with Crippen molar-refractivity contribution in [2.45, 2.75) is 4.21 Å². The van der Waals surface area contributed by atoms with Gasteiger partial charge in [0.15, 0.2) is 5.84 Å².